The first-order valence-corrected chi connectivity index (χ1v) is 21.8. The molecule has 7 aromatic carbocycles. The Labute approximate surface area is 372 Å². The average Bonchev–Trinajstić information content (AvgIpc) is 3.75. The molecule has 8 nitrogen and oxygen atoms in total. The van der Waals surface area contributed by atoms with Gasteiger partial charge >= 0.3 is 0 Å². The van der Waals surface area contributed by atoms with Gasteiger partial charge in [0.1, 0.15) is 23.3 Å². The minimum Gasteiger partial charge on any atom is -0.309 e. The van der Waals surface area contributed by atoms with Crippen LogP contribution in [0.5, 0.6) is 0 Å². The van der Waals surface area contributed by atoms with Crippen LogP contribution in [-0.4, -0.2) is 39.0 Å². The maximum atomic E-state index is 4.96. The fourth-order valence-electron chi connectivity index (χ4n) is 9.64. The molecule has 0 spiro atoms. The van der Waals surface area contributed by atoms with E-state index in [0.717, 1.165) is 66.8 Å². The maximum absolute atomic E-state index is 4.96. The first-order valence-electron chi connectivity index (χ1n) is 21.8. The van der Waals surface area contributed by atoms with Gasteiger partial charge in [-0.3, -0.25) is 0 Å². The Hall–Kier alpha value is -7.84. The average molecular weight is 831 g/mol. The third kappa shape index (κ3) is 6.52. The Kier molecular flexibility index (Phi) is 9.10. The summed E-state index contributed by atoms with van der Waals surface area (Å²) in [7, 11) is 0. The van der Waals surface area contributed by atoms with Crippen molar-refractivity contribution in [3.63, 3.8) is 0 Å². The van der Waals surface area contributed by atoms with Gasteiger partial charge < -0.3 is 9.13 Å². The van der Waals surface area contributed by atoms with Crippen LogP contribution in [0, 0.1) is 55.4 Å². The van der Waals surface area contributed by atoms with Crippen LogP contribution in [0.1, 0.15) is 45.6 Å². The largest absolute Gasteiger partial charge is 0.309 e. The zero-order valence-electron chi connectivity index (χ0n) is 37.3. The van der Waals surface area contributed by atoms with E-state index < -0.39 is 0 Å². The number of nitrogens with zero attached hydrogens (tertiary/aromatic N) is 8. The summed E-state index contributed by atoms with van der Waals surface area (Å²) in [6.45, 7) is 16.4. The summed E-state index contributed by atoms with van der Waals surface area (Å²) in [5, 5.41) is 4.87. The molecular weight excluding hydrogens is 785 g/mol. The monoisotopic (exact) mass is 830 g/mol. The summed E-state index contributed by atoms with van der Waals surface area (Å²) in [6.07, 6.45) is 0. The van der Waals surface area contributed by atoms with Crippen molar-refractivity contribution in [1.82, 2.24) is 39.0 Å². The third-order valence-electron chi connectivity index (χ3n) is 12.4. The summed E-state index contributed by atoms with van der Waals surface area (Å²) < 4.78 is 4.83. The number of fused-ring (bicyclic) bond motifs is 6. The van der Waals surface area contributed by atoms with Crippen molar-refractivity contribution in [2.45, 2.75) is 55.4 Å². The van der Waals surface area contributed by atoms with Gasteiger partial charge in [0.25, 0.3) is 0 Å². The van der Waals surface area contributed by atoms with E-state index in [4.69, 9.17) is 19.9 Å². The fraction of sp³-hybridized carbons (Fsp3) is 0.143. The zero-order valence-corrected chi connectivity index (χ0v) is 37.3. The first kappa shape index (κ1) is 39.0. The molecule has 8 heteroatoms. The predicted molar refractivity (Wildman–Crippen MR) is 262 cm³/mol. The van der Waals surface area contributed by atoms with Gasteiger partial charge in [-0.25, -0.2) is 29.9 Å². The van der Waals surface area contributed by atoms with Gasteiger partial charge in [-0.05, 0) is 145 Å². The van der Waals surface area contributed by atoms with Crippen LogP contribution in [-0.2, 0) is 0 Å². The summed E-state index contributed by atoms with van der Waals surface area (Å²) in [5.74, 6) is 4.03. The second kappa shape index (κ2) is 14.9. The zero-order chi connectivity index (χ0) is 44.0. The Morgan fingerprint density at radius 3 is 1.23 bits per heavy atom. The molecule has 0 aliphatic heterocycles. The van der Waals surface area contributed by atoms with E-state index in [-0.39, 0.29) is 0 Å². The summed E-state index contributed by atoms with van der Waals surface area (Å²) in [6, 6.07) is 49.1. The Morgan fingerprint density at radius 2 is 0.734 bits per heavy atom. The lowest BCUT2D eigenvalue weighted by Crippen LogP contribution is -2.05. The fourth-order valence-corrected chi connectivity index (χ4v) is 9.64. The van der Waals surface area contributed by atoms with Crippen LogP contribution in [0.4, 0.5) is 0 Å². The van der Waals surface area contributed by atoms with Gasteiger partial charge in [0.05, 0.1) is 33.4 Å². The highest BCUT2D eigenvalue weighted by Crippen LogP contribution is 2.44. The molecule has 64 heavy (non-hydrogen) atoms. The number of aromatic nitrogens is 8. The SMILES string of the molecule is Cc1ccc2c(c1)c1cc(C)ccc1n2-c1ccc(-c2nc(C)nc(C)n2)cc1-c1cccc(-c2cccc(-c3nc(C)nc(C)n3)c2-n2c3ccc(C)cc3c3cc(C)ccc32)c1. The summed E-state index contributed by atoms with van der Waals surface area (Å²) >= 11 is 0. The molecule has 0 aliphatic carbocycles. The standard InChI is InChI=1S/C56H46N8/c1-31-15-20-50-45(25-31)46-26-32(2)16-21-51(46)63(50)49-24-19-41(55-59-35(5)57-36(6)60-55)30-44(49)40-12-9-11-39(29-40)42-13-10-14-43(56-61-37(7)58-38(8)62-56)54(42)64-52-22-17-33(3)27-47(52)48-28-34(4)18-23-53(48)64/h9-30H,1-8H3. The third-order valence-corrected chi connectivity index (χ3v) is 12.4. The summed E-state index contributed by atoms with van der Waals surface area (Å²) in [4.78, 5) is 28.6. The normalized spacial score (nSPS) is 11.8. The molecule has 0 saturated heterocycles. The number of para-hydroxylation sites is 1. The number of aryl methyl sites for hydroxylation is 8. The number of hydrogen-bond acceptors (Lipinski definition) is 6. The minimum atomic E-state index is 0.641. The van der Waals surface area contributed by atoms with Gasteiger partial charge in [-0.2, -0.15) is 0 Å². The Balaban J connectivity index is 1.21. The van der Waals surface area contributed by atoms with Crippen LogP contribution >= 0.6 is 0 Å². The quantitative estimate of drug-likeness (QED) is 0.166. The molecule has 0 radical (unpaired) electrons. The van der Waals surface area contributed by atoms with E-state index in [1.54, 1.807) is 0 Å². The van der Waals surface area contributed by atoms with E-state index in [9.17, 15) is 0 Å². The van der Waals surface area contributed by atoms with E-state index in [2.05, 4.69) is 180 Å². The second-order valence-electron chi connectivity index (χ2n) is 17.3. The van der Waals surface area contributed by atoms with Gasteiger partial charge in [0.15, 0.2) is 11.6 Å². The first-order chi connectivity index (χ1) is 31.0. The smallest absolute Gasteiger partial charge is 0.165 e. The molecule has 0 amide bonds. The molecule has 0 atom stereocenters. The van der Waals surface area contributed by atoms with Crippen LogP contribution in [0.25, 0.3) is 100 Å². The lowest BCUT2D eigenvalue weighted by atomic mass is 9.94. The van der Waals surface area contributed by atoms with Gasteiger partial charge in [0.2, 0.25) is 0 Å². The highest BCUT2D eigenvalue weighted by Gasteiger charge is 2.23. The van der Waals surface area contributed by atoms with Crippen molar-refractivity contribution in [3.8, 4) is 56.4 Å². The second-order valence-corrected chi connectivity index (χ2v) is 17.3. The Morgan fingerprint density at radius 1 is 0.312 bits per heavy atom. The van der Waals surface area contributed by atoms with E-state index in [0.29, 0.717) is 34.9 Å². The van der Waals surface area contributed by atoms with Crippen molar-refractivity contribution in [3.05, 3.63) is 179 Å². The number of rotatable bonds is 6. The van der Waals surface area contributed by atoms with Gasteiger partial charge in [0, 0.05) is 43.8 Å². The highest BCUT2D eigenvalue weighted by atomic mass is 15.1. The van der Waals surface area contributed by atoms with Crippen LogP contribution < -0.4 is 0 Å². The van der Waals surface area contributed by atoms with E-state index in [1.165, 1.54) is 43.8 Å². The van der Waals surface area contributed by atoms with Crippen molar-refractivity contribution < 1.29 is 0 Å². The molecule has 4 aromatic heterocycles. The molecule has 0 unspecified atom stereocenters. The molecule has 0 saturated carbocycles. The minimum absolute atomic E-state index is 0.641. The van der Waals surface area contributed by atoms with Crippen molar-refractivity contribution in [2.24, 2.45) is 0 Å². The molecule has 0 fully saturated rings. The lowest BCUT2D eigenvalue weighted by molar-refractivity contribution is 0.926. The lowest BCUT2D eigenvalue weighted by Gasteiger charge is -2.20. The van der Waals surface area contributed by atoms with Crippen molar-refractivity contribution in [1.29, 1.82) is 0 Å². The molecule has 0 bridgehead atoms. The Bertz CT molecular complexity index is 3550. The number of benzene rings is 7. The van der Waals surface area contributed by atoms with Crippen LogP contribution in [0.15, 0.2) is 133 Å². The predicted octanol–water partition coefficient (Wildman–Crippen LogP) is 13.4. The maximum Gasteiger partial charge on any atom is 0.165 e. The molecule has 310 valence electrons. The molecule has 11 rings (SSSR count). The number of hydrogen-bond donors (Lipinski definition) is 0. The van der Waals surface area contributed by atoms with Crippen LogP contribution in [0.2, 0.25) is 0 Å². The summed E-state index contributed by atoms with van der Waals surface area (Å²) in [5.41, 5.74) is 17.6. The topological polar surface area (TPSA) is 87.2 Å². The van der Waals surface area contributed by atoms with Crippen molar-refractivity contribution >= 4 is 43.6 Å². The van der Waals surface area contributed by atoms with Crippen molar-refractivity contribution in [2.75, 3.05) is 0 Å². The molecule has 0 aliphatic rings. The molecule has 4 heterocycles. The van der Waals surface area contributed by atoms with Crippen LogP contribution in [0.3, 0.4) is 0 Å². The molecule has 11 aromatic rings. The highest BCUT2D eigenvalue weighted by molar-refractivity contribution is 6.12. The van der Waals surface area contributed by atoms with Gasteiger partial charge in [-0.15, -0.1) is 0 Å². The van der Waals surface area contributed by atoms with E-state index >= 15 is 0 Å². The molecular formula is C56H46N8. The van der Waals surface area contributed by atoms with E-state index in [1.807, 2.05) is 27.7 Å². The molecule has 0 N–H and O–H groups in total. The van der Waals surface area contributed by atoms with Gasteiger partial charge in [-0.1, -0.05) is 76.9 Å².